The first-order valence-corrected chi connectivity index (χ1v) is 7.52. The maximum Gasteiger partial charge on any atom is 0.254 e. The summed E-state index contributed by atoms with van der Waals surface area (Å²) in [5, 5.41) is 3.50. The molecule has 2 aliphatic heterocycles. The highest BCUT2D eigenvalue weighted by Gasteiger charge is 2.28. The molecule has 0 radical (unpaired) electrons. The van der Waals surface area contributed by atoms with Crippen molar-refractivity contribution in [3.8, 4) is 0 Å². The fourth-order valence-electron chi connectivity index (χ4n) is 2.74. The standard InChI is InChI=1S/C14H26N2O3/c1-2-7-16(10-12-5-3-4-6-15-12)14(17)13-11-18-8-9-19-13/h12-13,15H,2-11H2,1H3. The van der Waals surface area contributed by atoms with Gasteiger partial charge in [-0.2, -0.15) is 0 Å². The first-order valence-electron chi connectivity index (χ1n) is 7.52. The lowest BCUT2D eigenvalue weighted by Crippen LogP contribution is -2.51. The second-order valence-electron chi connectivity index (χ2n) is 5.37. The van der Waals surface area contributed by atoms with Gasteiger partial charge in [0, 0.05) is 19.1 Å². The minimum absolute atomic E-state index is 0.0916. The van der Waals surface area contributed by atoms with Crippen molar-refractivity contribution < 1.29 is 14.3 Å². The lowest BCUT2D eigenvalue weighted by molar-refractivity contribution is -0.158. The van der Waals surface area contributed by atoms with Gasteiger partial charge in [-0.25, -0.2) is 0 Å². The maximum atomic E-state index is 12.5. The third kappa shape index (κ3) is 4.44. The number of piperidine rings is 1. The van der Waals surface area contributed by atoms with Crippen molar-refractivity contribution in [2.75, 3.05) is 39.5 Å². The fraction of sp³-hybridized carbons (Fsp3) is 0.929. The number of nitrogens with zero attached hydrogens (tertiary/aromatic N) is 1. The average Bonchev–Trinajstić information content (AvgIpc) is 2.48. The third-order valence-corrected chi connectivity index (χ3v) is 3.75. The topological polar surface area (TPSA) is 50.8 Å². The first kappa shape index (κ1) is 14.8. The summed E-state index contributed by atoms with van der Waals surface area (Å²) in [7, 11) is 0. The Labute approximate surface area is 115 Å². The SMILES string of the molecule is CCCN(CC1CCCCN1)C(=O)C1COCCO1. The van der Waals surface area contributed by atoms with E-state index in [1.165, 1.54) is 12.8 Å². The van der Waals surface area contributed by atoms with Gasteiger partial charge in [-0.15, -0.1) is 0 Å². The van der Waals surface area contributed by atoms with Crippen LogP contribution in [0.5, 0.6) is 0 Å². The highest BCUT2D eigenvalue weighted by Crippen LogP contribution is 2.12. The molecule has 5 heteroatoms. The Morgan fingerprint density at radius 3 is 2.89 bits per heavy atom. The van der Waals surface area contributed by atoms with E-state index in [1.54, 1.807) is 0 Å². The number of carbonyl (C=O) groups is 1. The molecule has 2 heterocycles. The van der Waals surface area contributed by atoms with Crippen molar-refractivity contribution in [2.24, 2.45) is 0 Å². The predicted octanol–water partition coefficient (Wildman–Crippen LogP) is 0.783. The molecule has 2 rings (SSSR count). The van der Waals surface area contributed by atoms with Crippen LogP contribution in [0.2, 0.25) is 0 Å². The van der Waals surface area contributed by atoms with Gasteiger partial charge in [-0.05, 0) is 25.8 Å². The van der Waals surface area contributed by atoms with Crippen LogP contribution < -0.4 is 5.32 Å². The van der Waals surface area contributed by atoms with E-state index in [-0.39, 0.29) is 5.91 Å². The second-order valence-corrected chi connectivity index (χ2v) is 5.37. The second kappa shape index (κ2) is 7.82. The van der Waals surface area contributed by atoms with Crippen LogP contribution in [-0.2, 0) is 14.3 Å². The van der Waals surface area contributed by atoms with Crippen molar-refractivity contribution in [3.63, 3.8) is 0 Å². The Morgan fingerprint density at radius 2 is 2.26 bits per heavy atom. The minimum Gasteiger partial charge on any atom is -0.376 e. The van der Waals surface area contributed by atoms with Crippen LogP contribution >= 0.6 is 0 Å². The summed E-state index contributed by atoms with van der Waals surface area (Å²) >= 11 is 0. The normalized spacial score (nSPS) is 28.1. The molecule has 110 valence electrons. The molecule has 1 amide bonds. The molecule has 2 unspecified atom stereocenters. The van der Waals surface area contributed by atoms with Gasteiger partial charge in [0.05, 0.1) is 19.8 Å². The van der Waals surface area contributed by atoms with Crippen LogP contribution in [0.25, 0.3) is 0 Å². The zero-order valence-corrected chi connectivity index (χ0v) is 11.9. The lowest BCUT2D eigenvalue weighted by atomic mass is 10.0. The van der Waals surface area contributed by atoms with Crippen molar-refractivity contribution >= 4 is 5.91 Å². The van der Waals surface area contributed by atoms with Crippen LogP contribution in [0.15, 0.2) is 0 Å². The smallest absolute Gasteiger partial charge is 0.254 e. The Hall–Kier alpha value is -0.650. The van der Waals surface area contributed by atoms with Crippen LogP contribution in [0, 0.1) is 0 Å². The maximum absolute atomic E-state index is 12.5. The Kier molecular flexibility index (Phi) is 6.07. The molecule has 2 saturated heterocycles. The summed E-state index contributed by atoms with van der Waals surface area (Å²) < 4.78 is 10.9. The molecule has 0 spiro atoms. The molecule has 1 N–H and O–H groups in total. The van der Waals surface area contributed by atoms with Crippen molar-refractivity contribution in [3.05, 3.63) is 0 Å². The molecule has 0 saturated carbocycles. The average molecular weight is 270 g/mol. The number of carbonyl (C=O) groups excluding carboxylic acids is 1. The van der Waals surface area contributed by atoms with Crippen molar-refractivity contribution in [1.29, 1.82) is 0 Å². The molecule has 19 heavy (non-hydrogen) atoms. The molecular weight excluding hydrogens is 244 g/mol. The van der Waals surface area contributed by atoms with Gasteiger partial charge in [0.25, 0.3) is 5.91 Å². The summed E-state index contributed by atoms with van der Waals surface area (Å²) in [4.78, 5) is 14.4. The van der Waals surface area contributed by atoms with E-state index in [4.69, 9.17) is 9.47 Å². The molecule has 5 nitrogen and oxygen atoms in total. The monoisotopic (exact) mass is 270 g/mol. The van der Waals surface area contributed by atoms with Gasteiger partial charge in [-0.1, -0.05) is 13.3 Å². The highest BCUT2D eigenvalue weighted by atomic mass is 16.6. The quantitative estimate of drug-likeness (QED) is 0.802. The number of hydrogen-bond donors (Lipinski definition) is 1. The third-order valence-electron chi connectivity index (χ3n) is 3.75. The van der Waals surface area contributed by atoms with Crippen LogP contribution in [0.1, 0.15) is 32.6 Å². The zero-order chi connectivity index (χ0) is 13.5. The number of ether oxygens (including phenoxy) is 2. The van der Waals surface area contributed by atoms with Gasteiger partial charge in [0.1, 0.15) is 0 Å². The lowest BCUT2D eigenvalue weighted by Gasteiger charge is -2.33. The van der Waals surface area contributed by atoms with E-state index < -0.39 is 6.10 Å². The summed E-state index contributed by atoms with van der Waals surface area (Å²) in [6.07, 6.45) is 4.25. The highest BCUT2D eigenvalue weighted by molar-refractivity contribution is 5.81. The zero-order valence-electron chi connectivity index (χ0n) is 11.9. The number of rotatable bonds is 5. The largest absolute Gasteiger partial charge is 0.376 e. The van der Waals surface area contributed by atoms with E-state index >= 15 is 0 Å². The van der Waals surface area contributed by atoms with Gasteiger partial charge < -0.3 is 19.7 Å². The molecule has 2 aliphatic rings. The van der Waals surface area contributed by atoms with Gasteiger partial charge in [0.2, 0.25) is 0 Å². The van der Waals surface area contributed by atoms with Crippen molar-refractivity contribution in [1.82, 2.24) is 10.2 Å². The Bertz CT molecular complexity index is 274. The fourth-order valence-corrected chi connectivity index (χ4v) is 2.74. The summed E-state index contributed by atoms with van der Waals surface area (Å²) in [5.41, 5.74) is 0. The molecule has 0 aliphatic carbocycles. The number of hydrogen-bond acceptors (Lipinski definition) is 4. The Balaban J connectivity index is 1.87. The van der Waals surface area contributed by atoms with Crippen LogP contribution in [0.4, 0.5) is 0 Å². The summed E-state index contributed by atoms with van der Waals surface area (Å²) in [6.45, 7) is 6.30. The van der Waals surface area contributed by atoms with Crippen LogP contribution in [-0.4, -0.2) is 62.4 Å². The van der Waals surface area contributed by atoms with E-state index in [0.29, 0.717) is 25.9 Å². The van der Waals surface area contributed by atoms with Gasteiger partial charge in [-0.3, -0.25) is 4.79 Å². The Morgan fingerprint density at radius 1 is 1.37 bits per heavy atom. The van der Waals surface area contributed by atoms with E-state index in [1.807, 2.05) is 4.90 Å². The molecule has 0 aromatic heterocycles. The minimum atomic E-state index is -0.399. The molecule has 2 atom stereocenters. The number of amides is 1. The van der Waals surface area contributed by atoms with Gasteiger partial charge in [0.15, 0.2) is 6.10 Å². The molecule has 0 aromatic rings. The molecule has 0 aromatic carbocycles. The van der Waals surface area contributed by atoms with E-state index in [9.17, 15) is 4.79 Å². The van der Waals surface area contributed by atoms with Crippen LogP contribution in [0.3, 0.4) is 0 Å². The first-order chi connectivity index (χ1) is 9.31. The van der Waals surface area contributed by atoms with E-state index in [2.05, 4.69) is 12.2 Å². The summed E-state index contributed by atoms with van der Waals surface area (Å²) in [5.74, 6) is 0.0916. The van der Waals surface area contributed by atoms with Crippen molar-refractivity contribution in [2.45, 2.75) is 44.8 Å². The summed E-state index contributed by atoms with van der Waals surface area (Å²) in [6, 6.07) is 0.439. The molecule has 2 fully saturated rings. The predicted molar refractivity (Wildman–Crippen MR) is 73.1 cm³/mol. The van der Waals surface area contributed by atoms with Gasteiger partial charge >= 0.3 is 0 Å². The van der Waals surface area contributed by atoms with E-state index in [0.717, 1.165) is 32.5 Å². The number of nitrogens with one attached hydrogen (secondary N) is 1. The molecular formula is C14H26N2O3. The molecule has 0 bridgehead atoms.